The molecule has 0 spiro atoms. The third kappa shape index (κ3) is 6.08. The number of halogens is 2. The van der Waals surface area contributed by atoms with Gasteiger partial charge in [0.25, 0.3) is 0 Å². The molecule has 3 N–H and O–H groups in total. The van der Waals surface area contributed by atoms with Crippen LogP contribution >= 0.6 is 0 Å². The SMILES string of the molecule is CCCC(NC(=O)NCCC(C)O)c1ccc(F)cc1F. The highest BCUT2D eigenvalue weighted by molar-refractivity contribution is 5.74. The molecular weight excluding hydrogens is 278 g/mol. The zero-order valence-electron chi connectivity index (χ0n) is 12.3. The summed E-state index contributed by atoms with van der Waals surface area (Å²) < 4.78 is 26.7. The van der Waals surface area contributed by atoms with Gasteiger partial charge in [0.15, 0.2) is 0 Å². The summed E-state index contributed by atoms with van der Waals surface area (Å²) in [7, 11) is 0. The molecule has 4 nitrogen and oxygen atoms in total. The monoisotopic (exact) mass is 300 g/mol. The van der Waals surface area contributed by atoms with Gasteiger partial charge in [-0.3, -0.25) is 0 Å². The number of nitrogens with one attached hydrogen (secondary N) is 2. The number of hydrogen-bond acceptors (Lipinski definition) is 2. The van der Waals surface area contributed by atoms with Gasteiger partial charge < -0.3 is 15.7 Å². The second-order valence-electron chi connectivity index (χ2n) is 5.05. The Balaban J connectivity index is 2.66. The average Bonchev–Trinajstić information content (AvgIpc) is 2.37. The first-order valence-corrected chi connectivity index (χ1v) is 7.11. The smallest absolute Gasteiger partial charge is 0.315 e. The maximum Gasteiger partial charge on any atom is 0.315 e. The summed E-state index contributed by atoms with van der Waals surface area (Å²) in [5, 5.41) is 14.4. The van der Waals surface area contributed by atoms with Crippen LogP contribution in [0.5, 0.6) is 0 Å². The summed E-state index contributed by atoms with van der Waals surface area (Å²) in [6.07, 6.45) is 1.24. The van der Waals surface area contributed by atoms with Crippen LogP contribution in [0.2, 0.25) is 0 Å². The highest BCUT2D eigenvalue weighted by Gasteiger charge is 2.17. The number of hydrogen-bond donors (Lipinski definition) is 3. The van der Waals surface area contributed by atoms with Crippen molar-refractivity contribution in [1.82, 2.24) is 10.6 Å². The minimum absolute atomic E-state index is 0.268. The molecule has 1 aromatic rings. The van der Waals surface area contributed by atoms with Crippen LogP contribution < -0.4 is 10.6 Å². The molecule has 2 atom stereocenters. The summed E-state index contributed by atoms with van der Waals surface area (Å²) in [5.41, 5.74) is 0.268. The van der Waals surface area contributed by atoms with Crippen molar-refractivity contribution in [2.24, 2.45) is 0 Å². The van der Waals surface area contributed by atoms with E-state index >= 15 is 0 Å². The van der Waals surface area contributed by atoms with E-state index in [4.69, 9.17) is 5.11 Å². The van der Waals surface area contributed by atoms with Gasteiger partial charge in [0.05, 0.1) is 12.1 Å². The third-order valence-corrected chi connectivity index (χ3v) is 3.07. The summed E-state index contributed by atoms with van der Waals surface area (Å²) in [6, 6.07) is 2.39. The van der Waals surface area contributed by atoms with E-state index in [0.717, 1.165) is 12.5 Å². The lowest BCUT2D eigenvalue weighted by atomic mass is 10.0. The third-order valence-electron chi connectivity index (χ3n) is 3.07. The van der Waals surface area contributed by atoms with E-state index in [1.54, 1.807) is 6.92 Å². The lowest BCUT2D eigenvalue weighted by Crippen LogP contribution is -2.39. The van der Waals surface area contributed by atoms with Crippen molar-refractivity contribution in [1.29, 1.82) is 0 Å². The molecule has 0 saturated heterocycles. The van der Waals surface area contributed by atoms with E-state index in [-0.39, 0.29) is 5.56 Å². The average molecular weight is 300 g/mol. The molecule has 0 fully saturated rings. The molecule has 0 aliphatic carbocycles. The second-order valence-corrected chi connectivity index (χ2v) is 5.05. The molecule has 0 bridgehead atoms. The van der Waals surface area contributed by atoms with Gasteiger partial charge in [-0.1, -0.05) is 19.4 Å². The Hall–Kier alpha value is -1.69. The first-order valence-electron chi connectivity index (χ1n) is 7.11. The molecule has 1 rings (SSSR count). The van der Waals surface area contributed by atoms with Gasteiger partial charge in [-0.05, 0) is 25.8 Å². The molecule has 6 heteroatoms. The Morgan fingerprint density at radius 3 is 2.62 bits per heavy atom. The van der Waals surface area contributed by atoms with Gasteiger partial charge >= 0.3 is 6.03 Å². The summed E-state index contributed by atoms with van der Waals surface area (Å²) in [4.78, 5) is 11.8. The number of carbonyl (C=O) groups is 1. The maximum atomic E-state index is 13.8. The summed E-state index contributed by atoms with van der Waals surface area (Å²) in [5.74, 6) is -1.31. The molecule has 0 aromatic heterocycles. The van der Waals surface area contributed by atoms with Gasteiger partial charge in [0.2, 0.25) is 0 Å². The van der Waals surface area contributed by atoms with Crippen molar-refractivity contribution < 1.29 is 18.7 Å². The molecule has 2 amide bonds. The number of aliphatic hydroxyl groups is 1. The molecule has 0 heterocycles. The number of carbonyl (C=O) groups excluding carboxylic acids is 1. The van der Waals surface area contributed by atoms with Gasteiger partial charge in [0, 0.05) is 18.2 Å². The van der Waals surface area contributed by atoms with Crippen LogP contribution in [0.15, 0.2) is 18.2 Å². The first-order chi connectivity index (χ1) is 9.93. The highest BCUT2D eigenvalue weighted by atomic mass is 19.1. The Bertz CT molecular complexity index is 467. The molecule has 21 heavy (non-hydrogen) atoms. The largest absolute Gasteiger partial charge is 0.393 e. The molecule has 0 radical (unpaired) electrons. The topological polar surface area (TPSA) is 61.4 Å². The number of benzene rings is 1. The van der Waals surface area contributed by atoms with Crippen LogP contribution in [0.25, 0.3) is 0 Å². The van der Waals surface area contributed by atoms with Crippen molar-refractivity contribution in [3.8, 4) is 0 Å². The number of rotatable bonds is 7. The normalized spacial score (nSPS) is 13.6. The lowest BCUT2D eigenvalue weighted by Gasteiger charge is -2.20. The van der Waals surface area contributed by atoms with Gasteiger partial charge in [-0.15, -0.1) is 0 Å². The lowest BCUT2D eigenvalue weighted by molar-refractivity contribution is 0.183. The number of amides is 2. The predicted octanol–water partition coefficient (Wildman–Crippen LogP) is 2.88. The number of aliphatic hydroxyl groups excluding tert-OH is 1. The van der Waals surface area contributed by atoms with Crippen molar-refractivity contribution in [3.05, 3.63) is 35.4 Å². The zero-order valence-corrected chi connectivity index (χ0v) is 12.3. The van der Waals surface area contributed by atoms with E-state index in [0.29, 0.717) is 19.4 Å². The van der Waals surface area contributed by atoms with E-state index in [2.05, 4.69) is 10.6 Å². The minimum atomic E-state index is -0.669. The van der Waals surface area contributed by atoms with Crippen molar-refractivity contribution in [3.63, 3.8) is 0 Å². The zero-order chi connectivity index (χ0) is 15.8. The van der Waals surface area contributed by atoms with Crippen LogP contribution in [-0.2, 0) is 0 Å². The van der Waals surface area contributed by atoms with E-state index in [1.807, 2.05) is 6.92 Å². The molecule has 118 valence electrons. The van der Waals surface area contributed by atoms with Crippen LogP contribution in [-0.4, -0.2) is 23.8 Å². The molecule has 0 saturated carbocycles. The van der Waals surface area contributed by atoms with Crippen molar-refractivity contribution in [2.45, 2.75) is 45.3 Å². The molecule has 0 aliphatic rings. The van der Waals surface area contributed by atoms with E-state index in [1.165, 1.54) is 12.1 Å². The van der Waals surface area contributed by atoms with Crippen LogP contribution in [0, 0.1) is 11.6 Å². The molecule has 2 unspecified atom stereocenters. The Kier molecular flexibility index (Phi) is 7.08. The van der Waals surface area contributed by atoms with Crippen LogP contribution in [0.4, 0.5) is 13.6 Å². The standard InChI is InChI=1S/C15H22F2N2O2/c1-3-4-14(12-6-5-11(16)9-13(12)17)19-15(21)18-8-7-10(2)20/h5-6,9-10,14,20H,3-4,7-8H2,1-2H3,(H2,18,19,21). The summed E-state index contributed by atoms with van der Waals surface area (Å²) >= 11 is 0. The van der Waals surface area contributed by atoms with Gasteiger partial charge in [0.1, 0.15) is 11.6 Å². The first kappa shape index (κ1) is 17.4. The molecular formula is C15H22F2N2O2. The van der Waals surface area contributed by atoms with Gasteiger partial charge in [-0.25, -0.2) is 13.6 Å². The Morgan fingerprint density at radius 1 is 1.33 bits per heavy atom. The van der Waals surface area contributed by atoms with Gasteiger partial charge in [-0.2, -0.15) is 0 Å². The number of urea groups is 1. The minimum Gasteiger partial charge on any atom is -0.393 e. The predicted molar refractivity (Wildman–Crippen MR) is 76.8 cm³/mol. The fourth-order valence-corrected chi connectivity index (χ4v) is 1.98. The Morgan fingerprint density at radius 2 is 2.05 bits per heavy atom. The van der Waals surface area contributed by atoms with Crippen molar-refractivity contribution >= 4 is 6.03 Å². The second kappa shape index (κ2) is 8.56. The maximum absolute atomic E-state index is 13.8. The van der Waals surface area contributed by atoms with Crippen LogP contribution in [0.1, 0.15) is 44.7 Å². The van der Waals surface area contributed by atoms with Crippen molar-refractivity contribution in [2.75, 3.05) is 6.54 Å². The summed E-state index contributed by atoms with van der Waals surface area (Å²) in [6.45, 7) is 3.88. The fraction of sp³-hybridized carbons (Fsp3) is 0.533. The fourth-order valence-electron chi connectivity index (χ4n) is 1.98. The quantitative estimate of drug-likeness (QED) is 0.725. The molecule has 1 aromatic carbocycles. The van der Waals surface area contributed by atoms with E-state index < -0.39 is 29.8 Å². The van der Waals surface area contributed by atoms with E-state index in [9.17, 15) is 13.6 Å². The highest BCUT2D eigenvalue weighted by Crippen LogP contribution is 2.22. The Labute approximate surface area is 123 Å². The molecule has 0 aliphatic heterocycles. The van der Waals surface area contributed by atoms with Crippen LogP contribution in [0.3, 0.4) is 0 Å².